The van der Waals surface area contributed by atoms with E-state index in [4.69, 9.17) is 4.52 Å². The van der Waals surface area contributed by atoms with Gasteiger partial charge in [-0.15, -0.1) is 20.8 Å². The first kappa shape index (κ1) is 25.1. The Balaban J connectivity index is 1.83. The maximum absolute atomic E-state index is 13.2. The molecule has 0 radical (unpaired) electrons. The second-order valence-corrected chi connectivity index (χ2v) is 10.3. The van der Waals surface area contributed by atoms with Gasteiger partial charge in [0.05, 0.1) is 5.69 Å². The summed E-state index contributed by atoms with van der Waals surface area (Å²) in [5.74, 6) is -0.800. The Kier molecular flexibility index (Phi) is 7.75. The van der Waals surface area contributed by atoms with E-state index in [2.05, 4.69) is 10.3 Å². The topological polar surface area (TPSA) is 88.5 Å². The lowest BCUT2D eigenvalue weighted by Crippen LogP contribution is -2.39. The van der Waals surface area contributed by atoms with Crippen molar-refractivity contribution >= 4 is 30.6 Å². The largest absolute Gasteiger partial charge is 0.695 e. The van der Waals surface area contributed by atoms with E-state index in [1.165, 1.54) is 23.5 Å². The summed E-state index contributed by atoms with van der Waals surface area (Å²) < 4.78 is 30.3. The van der Waals surface area contributed by atoms with Gasteiger partial charge in [0, 0.05) is 20.6 Å². The SMILES string of the molecule is Cc1sc(NC(=O)c2ccc(C(O[P+](=O)O)(C(C)C)C(C)C)cc2)nc1-c1ccc(F)cc1. The number of halogens is 1. The van der Waals surface area contributed by atoms with Gasteiger partial charge in [-0.3, -0.25) is 10.1 Å². The molecule has 3 aromatic rings. The van der Waals surface area contributed by atoms with Crippen LogP contribution in [0.1, 0.15) is 48.5 Å². The Morgan fingerprint density at radius 1 is 1.09 bits per heavy atom. The van der Waals surface area contributed by atoms with Crippen molar-refractivity contribution in [1.29, 1.82) is 0 Å². The van der Waals surface area contributed by atoms with Crippen LogP contribution in [0.3, 0.4) is 0 Å². The maximum Gasteiger partial charge on any atom is 0.695 e. The highest BCUT2D eigenvalue weighted by Crippen LogP contribution is 2.46. The van der Waals surface area contributed by atoms with Crippen LogP contribution >= 0.6 is 19.6 Å². The Bertz CT molecular complexity index is 1140. The monoisotopic (exact) mass is 489 g/mol. The van der Waals surface area contributed by atoms with Crippen LogP contribution in [-0.2, 0) is 14.7 Å². The molecule has 0 aliphatic heterocycles. The average molecular weight is 490 g/mol. The maximum atomic E-state index is 13.2. The molecule has 1 heterocycles. The Morgan fingerprint density at radius 3 is 2.18 bits per heavy atom. The molecule has 0 spiro atoms. The first-order chi connectivity index (χ1) is 15.5. The van der Waals surface area contributed by atoms with E-state index in [-0.39, 0.29) is 23.6 Å². The zero-order chi connectivity index (χ0) is 24.3. The summed E-state index contributed by atoms with van der Waals surface area (Å²) in [6.45, 7) is 9.63. The molecule has 0 aliphatic carbocycles. The van der Waals surface area contributed by atoms with E-state index in [0.29, 0.717) is 16.4 Å². The van der Waals surface area contributed by atoms with E-state index in [1.54, 1.807) is 36.4 Å². The summed E-state index contributed by atoms with van der Waals surface area (Å²) in [5, 5.41) is 3.26. The lowest BCUT2D eigenvalue weighted by atomic mass is 9.75. The van der Waals surface area contributed by atoms with Gasteiger partial charge >= 0.3 is 8.25 Å². The van der Waals surface area contributed by atoms with Crippen LogP contribution in [0.15, 0.2) is 48.5 Å². The first-order valence-electron chi connectivity index (χ1n) is 10.5. The van der Waals surface area contributed by atoms with Crippen molar-refractivity contribution in [3.05, 3.63) is 70.4 Å². The van der Waals surface area contributed by atoms with E-state index >= 15 is 0 Å². The molecular weight excluding hydrogens is 462 g/mol. The number of rotatable bonds is 8. The van der Waals surface area contributed by atoms with E-state index in [1.807, 2.05) is 34.6 Å². The number of amides is 1. The first-order valence-corrected chi connectivity index (χ1v) is 12.5. The molecule has 0 bridgehead atoms. The normalized spacial score (nSPS) is 12.3. The van der Waals surface area contributed by atoms with Gasteiger partial charge in [0.15, 0.2) is 10.7 Å². The molecule has 3 rings (SSSR count). The summed E-state index contributed by atoms with van der Waals surface area (Å²) in [7, 11) is -2.81. The zero-order valence-electron chi connectivity index (χ0n) is 19.1. The fourth-order valence-electron chi connectivity index (χ4n) is 4.10. The number of aryl methyl sites for hydroxylation is 1. The molecule has 9 heteroatoms. The minimum absolute atomic E-state index is 0.0774. The summed E-state index contributed by atoms with van der Waals surface area (Å²) in [4.78, 5) is 27.7. The molecule has 0 saturated carbocycles. The number of carbonyl (C=O) groups excluding carboxylic acids is 1. The van der Waals surface area contributed by atoms with Crippen molar-refractivity contribution in [2.75, 3.05) is 5.32 Å². The van der Waals surface area contributed by atoms with Crippen molar-refractivity contribution in [2.45, 2.75) is 40.2 Å². The van der Waals surface area contributed by atoms with Crippen molar-refractivity contribution < 1.29 is 23.2 Å². The summed E-state index contributed by atoms with van der Waals surface area (Å²) in [5.41, 5.74) is 1.65. The molecule has 2 aromatic carbocycles. The molecule has 2 N–H and O–H groups in total. The summed E-state index contributed by atoms with van der Waals surface area (Å²) >= 11 is 1.34. The van der Waals surface area contributed by atoms with Crippen LogP contribution in [0.2, 0.25) is 0 Å². The standard InChI is InChI=1S/C24H26FN2O4PS/c1-14(2)24(15(3)4,31-32(29)30)19-10-6-18(7-11-19)22(28)27-23-26-21(16(5)33-23)17-8-12-20(25)13-9-17/h6-15H,1-5H3,(H-,26,27,28,29,30)/p+1. The molecule has 1 unspecified atom stereocenters. The van der Waals surface area contributed by atoms with Crippen LogP contribution in [0, 0.1) is 24.6 Å². The van der Waals surface area contributed by atoms with Gasteiger partial charge in [-0.25, -0.2) is 9.37 Å². The Hall–Kier alpha value is -2.51. The number of nitrogens with zero attached hydrogens (tertiary/aromatic N) is 1. The van der Waals surface area contributed by atoms with Crippen LogP contribution in [0.4, 0.5) is 9.52 Å². The van der Waals surface area contributed by atoms with Gasteiger partial charge in [0.25, 0.3) is 5.91 Å². The molecule has 0 fully saturated rings. The van der Waals surface area contributed by atoms with Crippen molar-refractivity contribution in [1.82, 2.24) is 4.98 Å². The van der Waals surface area contributed by atoms with Gasteiger partial charge in [-0.05, 0) is 60.7 Å². The minimum Gasteiger partial charge on any atom is -0.298 e. The van der Waals surface area contributed by atoms with E-state index in [9.17, 15) is 18.6 Å². The predicted molar refractivity (Wildman–Crippen MR) is 129 cm³/mol. The third-order valence-electron chi connectivity index (χ3n) is 5.68. The quantitative estimate of drug-likeness (QED) is 0.345. The van der Waals surface area contributed by atoms with Crippen molar-refractivity contribution in [3.63, 3.8) is 0 Å². The Labute approximate surface area is 197 Å². The van der Waals surface area contributed by atoms with Crippen LogP contribution < -0.4 is 5.32 Å². The molecule has 0 saturated heterocycles. The number of anilines is 1. The summed E-state index contributed by atoms with van der Waals surface area (Å²) in [6, 6.07) is 12.9. The second-order valence-electron chi connectivity index (χ2n) is 8.39. The minimum atomic E-state index is -2.81. The number of hydrogen-bond donors (Lipinski definition) is 2. The molecule has 33 heavy (non-hydrogen) atoms. The lowest BCUT2D eigenvalue weighted by molar-refractivity contribution is -0.0285. The van der Waals surface area contributed by atoms with Crippen LogP contribution in [0.5, 0.6) is 0 Å². The highest BCUT2D eigenvalue weighted by molar-refractivity contribution is 7.32. The molecular formula is C24H27FN2O4PS+. The smallest absolute Gasteiger partial charge is 0.298 e. The van der Waals surface area contributed by atoms with Gasteiger partial charge in [-0.2, -0.15) is 0 Å². The molecule has 0 aliphatic rings. The second kappa shape index (κ2) is 10.2. The Morgan fingerprint density at radius 2 is 1.67 bits per heavy atom. The third kappa shape index (κ3) is 5.36. The lowest BCUT2D eigenvalue weighted by Gasteiger charge is -2.35. The van der Waals surface area contributed by atoms with Crippen molar-refractivity contribution in [2.24, 2.45) is 11.8 Å². The van der Waals surface area contributed by atoms with Gasteiger partial charge in [0.1, 0.15) is 5.82 Å². The number of carbonyl (C=O) groups is 1. The fraction of sp³-hybridized carbons (Fsp3) is 0.333. The van der Waals surface area contributed by atoms with E-state index < -0.39 is 13.9 Å². The van der Waals surface area contributed by atoms with Crippen LogP contribution in [-0.4, -0.2) is 15.8 Å². The number of hydrogen-bond acceptors (Lipinski definition) is 5. The molecule has 1 amide bonds. The highest BCUT2D eigenvalue weighted by Gasteiger charge is 2.47. The molecule has 1 aromatic heterocycles. The molecule has 1 atom stereocenters. The predicted octanol–water partition coefficient (Wildman–Crippen LogP) is 6.68. The number of nitrogens with one attached hydrogen (secondary N) is 1. The fourth-order valence-corrected chi connectivity index (χ4v) is 5.72. The van der Waals surface area contributed by atoms with E-state index in [0.717, 1.165) is 16.0 Å². The van der Waals surface area contributed by atoms with Crippen molar-refractivity contribution in [3.8, 4) is 11.3 Å². The van der Waals surface area contributed by atoms with Gasteiger partial charge in [0.2, 0.25) is 0 Å². The third-order valence-corrected chi connectivity index (χ3v) is 7.02. The molecule has 174 valence electrons. The number of thiazole rings is 1. The average Bonchev–Trinajstić information content (AvgIpc) is 3.12. The van der Waals surface area contributed by atoms with Gasteiger partial charge in [-0.1, -0.05) is 39.8 Å². The molecule has 6 nitrogen and oxygen atoms in total. The highest BCUT2D eigenvalue weighted by atomic mass is 32.1. The summed E-state index contributed by atoms with van der Waals surface area (Å²) in [6.07, 6.45) is 0. The number of benzene rings is 2. The zero-order valence-corrected chi connectivity index (χ0v) is 20.8. The van der Waals surface area contributed by atoms with Crippen LogP contribution in [0.25, 0.3) is 11.3 Å². The van der Waals surface area contributed by atoms with Gasteiger partial charge < -0.3 is 0 Å². The number of aromatic nitrogens is 1.